The molecule has 0 aromatic carbocycles. The van der Waals surface area contributed by atoms with Crippen molar-refractivity contribution in [1.29, 1.82) is 0 Å². The van der Waals surface area contributed by atoms with E-state index in [1.165, 1.54) is 51.4 Å². The standard InChI is InChI=1S/C29H47N3O3/c1-19(5-4-16-32-18-21(30-31-32)7-11-27(34)35)24-9-10-25-23-8-6-20-17-22(33)12-14-28(20,2)26(23)13-15-29(24,25)3/h18-20,22-26,33H,4-17H2,1-3H3,(H,34,35)/t19?,20-,22-,23?,24?,25+,26?,28+,29-/m1/s1. The highest BCUT2D eigenvalue weighted by Gasteiger charge is 2.60. The van der Waals surface area contributed by atoms with Gasteiger partial charge in [0.05, 0.1) is 18.2 Å². The summed E-state index contributed by atoms with van der Waals surface area (Å²) in [5.41, 5.74) is 1.74. The number of aliphatic hydroxyl groups is 1. The van der Waals surface area contributed by atoms with E-state index in [-0.39, 0.29) is 12.5 Å². The fourth-order valence-electron chi connectivity index (χ4n) is 9.78. The van der Waals surface area contributed by atoms with Crippen molar-refractivity contribution in [3.8, 4) is 0 Å². The number of hydrogen-bond donors (Lipinski definition) is 2. The van der Waals surface area contributed by atoms with Crippen molar-refractivity contribution in [2.45, 2.75) is 117 Å². The predicted octanol–water partition coefficient (Wildman–Crippen LogP) is 5.73. The van der Waals surface area contributed by atoms with E-state index in [0.717, 1.165) is 67.0 Å². The summed E-state index contributed by atoms with van der Waals surface area (Å²) in [6, 6.07) is 0. The van der Waals surface area contributed by atoms with Crippen LogP contribution < -0.4 is 0 Å². The Balaban J connectivity index is 1.17. The second-order valence-corrected chi connectivity index (χ2v) is 13.3. The van der Waals surface area contributed by atoms with Gasteiger partial charge < -0.3 is 10.2 Å². The van der Waals surface area contributed by atoms with E-state index in [0.29, 0.717) is 17.3 Å². The van der Waals surface area contributed by atoms with Gasteiger partial charge in [-0.05, 0) is 117 Å². The first kappa shape index (κ1) is 25.2. The fourth-order valence-corrected chi connectivity index (χ4v) is 9.78. The van der Waals surface area contributed by atoms with Crippen molar-refractivity contribution in [3.05, 3.63) is 11.9 Å². The summed E-state index contributed by atoms with van der Waals surface area (Å²) in [6.07, 6.45) is 16.4. The average Bonchev–Trinajstić information content (AvgIpc) is 3.42. The van der Waals surface area contributed by atoms with Crippen LogP contribution in [0.25, 0.3) is 0 Å². The molecule has 0 amide bonds. The normalized spacial score (nSPS) is 41.6. The number of aryl methyl sites for hydroxylation is 2. The number of aromatic nitrogens is 3. The van der Waals surface area contributed by atoms with Gasteiger partial charge in [-0.3, -0.25) is 9.48 Å². The predicted molar refractivity (Wildman–Crippen MR) is 136 cm³/mol. The van der Waals surface area contributed by atoms with Gasteiger partial charge in [-0.25, -0.2) is 0 Å². The van der Waals surface area contributed by atoms with Crippen LogP contribution in [0, 0.1) is 46.3 Å². The van der Waals surface area contributed by atoms with E-state index in [2.05, 4.69) is 31.1 Å². The molecule has 4 aliphatic rings. The van der Waals surface area contributed by atoms with Gasteiger partial charge >= 0.3 is 5.97 Å². The van der Waals surface area contributed by atoms with Crippen LogP contribution in [-0.4, -0.2) is 37.3 Å². The van der Waals surface area contributed by atoms with Crippen molar-refractivity contribution in [1.82, 2.24) is 15.0 Å². The van der Waals surface area contributed by atoms with Crippen LogP contribution in [0.1, 0.15) is 104 Å². The highest BCUT2D eigenvalue weighted by molar-refractivity contribution is 5.66. The Kier molecular flexibility index (Phi) is 7.06. The Morgan fingerprint density at radius 2 is 1.89 bits per heavy atom. The maximum Gasteiger partial charge on any atom is 0.303 e. The van der Waals surface area contributed by atoms with Crippen LogP contribution in [0.5, 0.6) is 0 Å². The number of carboxylic acid groups (broad SMARTS) is 1. The van der Waals surface area contributed by atoms with Gasteiger partial charge in [0.25, 0.3) is 0 Å². The summed E-state index contributed by atoms with van der Waals surface area (Å²) < 4.78 is 1.90. The zero-order chi connectivity index (χ0) is 24.8. The molecule has 5 rings (SSSR count). The van der Waals surface area contributed by atoms with Crippen LogP contribution in [0.3, 0.4) is 0 Å². The molecule has 6 nitrogen and oxygen atoms in total. The van der Waals surface area contributed by atoms with Crippen molar-refractivity contribution >= 4 is 5.97 Å². The summed E-state index contributed by atoms with van der Waals surface area (Å²) in [5, 5.41) is 27.5. The summed E-state index contributed by atoms with van der Waals surface area (Å²) >= 11 is 0. The molecule has 2 N–H and O–H groups in total. The van der Waals surface area contributed by atoms with Crippen molar-refractivity contribution < 1.29 is 15.0 Å². The number of nitrogens with zero attached hydrogens (tertiary/aromatic N) is 3. The third-order valence-electron chi connectivity index (χ3n) is 11.6. The van der Waals surface area contributed by atoms with Crippen LogP contribution in [-0.2, 0) is 17.8 Å². The molecule has 0 spiro atoms. The summed E-state index contributed by atoms with van der Waals surface area (Å²) in [6.45, 7) is 8.60. The van der Waals surface area contributed by atoms with Crippen LogP contribution in [0.2, 0.25) is 0 Å². The number of fused-ring (bicyclic) bond motifs is 5. The molecule has 0 saturated heterocycles. The maximum absolute atomic E-state index is 10.8. The first-order valence-electron chi connectivity index (χ1n) is 14.5. The molecule has 1 heterocycles. The molecular formula is C29H47N3O3. The molecule has 4 aliphatic carbocycles. The summed E-state index contributed by atoms with van der Waals surface area (Å²) in [4.78, 5) is 10.8. The van der Waals surface area contributed by atoms with Gasteiger partial charge in [-0.2, -0.15) is 0 Å². The molecule has 4 unspecified atom stereocenters. The zero-order valence-corrected chi connectivity index (χ0v) is 22.2. The lowest BCUT2D eigenvalue weighted by Gasteiger charge is -2.61. The Bertz CT molecular complexity index is 901. The van der Waals surface area contributed by atoms with Gasteiger partial charge in [0.2, 0.25) is 0 Å². The summed E-state index contributed by atoms with van der Waals surface area (Å²) in [7, 11) is 0. The molecule has 0 bridgehead atoms. The monoisotopic (exact) mass is 485 g/mol. The van der Waals surface area contributed by atoms with Gasteiger partial charge in [-0.1, -0.05) is 26.0 Å². The lowest BCUT2D eigenvalue weighted by atomic mass is 9.44. The van der Waals surface area contributed by atoms with E-state index in [1.54, 1.807) is 0 Å². The van der Waals surface area contributed by atoms with E-state index < -0.39 is 5.97 Å². The number of carbonyl (C=O) groups is 1. The average molecular weight is 486 g/mol. The SMILES string of the molecule is CC(CCCn1cc(CCC(=O)O)nn1)C1CC[C@H]2C3CC[C@@H]4C[C@H](O)CC[C@]4(C)C3CC[C@]12C. The smallest absolute Gasteiger partial charge is 0.303 e. The highest BCUT2D eigenvalue weighted by Crippen LogP contribution is 2.68. The number of hydrogen-bond acceptors (Lipinski definition) is 4. The molecule has 0 radical (unpaired) electrons. The Morgan fingerprint density at radius 1 is 1.11 bits per heavy atom. The summed E-state index contributed by atoms with van der Waals surface area (Å²) in [5.74, 6) is 4.19. The van der Waals surface area contributed by atoms with Gasteiger partial charge in [0.1, 0.15) is 0 Å². The first-order valence-corrected chi connectivity index (χ1v) is 14.5. The molecule has 1 aromatic rings. The lowest BCUT2D eigenvalue weighted by Crippen LogP contribution is -2.54. The van der Waals surface area contributed by atoms with Crippen molar-refractivity contribution in [2.75, 3.05) is 0 Å². The molecule has 35 heavy (non-hydrogen) atoms. The third kappa shape index (κ3) is 4.69. The molecule has 9 atom stereocenters. The fraction of sp³-hybridized carbons (Fsp3) is 0.897. The second-order valence-electron chi connectivity index (χ2n) is 13.3. The largest absolute Gasteiger partial charge is 0.481 e. The van der Waals surface area contributed by atoms with Gasteiger partial charge in [0, 0.05) is 19.2 Å². The molecule has 4 saturated carbocycles. The minimum Gasteiger partial charge on any atom is -0.481 e. The molecule has 0 aliphatic heterocycles. The highest BCUT2D eigenvalue weighted by atomic mass is 16.4. The van der Waals surface area contributed by atoms with Crippen molar-refractivity contribution in [3.63, 3.8) is 0 Å². The number of aliphatic hydroxyl groups excluding tert-OH is 1. The molecule has 1 aromatic heterocycles. The van der Waals surface area contributed by atoms with E-state index in [9.17, 15) is 9.90 Å². The molecule has 4 fully saturated rings. The van der Waals surface area contributed by atoms with E-state index in [4.69, 9.17) is 5.11 Å². The number of aliphatic carboxylic acids is 1. The zero-order valence-electron chi connectivity index (χ0n) is 22.2. The van der Waals surface area contributed by atoms with Gasteiger partial charge in [-0.15, -0.1) is 5.10 Å². The molecular weight excluding hydrogens is 438 g/mol. The van der Waals surface area contributed by atoms with Crippen LogP contribution >= 0.6 is 0 Å². The topological polar surface area (TPSA) is 88.2 Å². The third-order valence-corrected chi connectivity index (χ3v) is 11.6. The van der Waals surface area contributed by atoms with Crippen molar-refractivity contribution in [2.24, 2.45) is 46.3 Å². The van der Waals surface area contributed by atoms with E-state index in [1.807, 2.05) is 10.9 Å². The van der Waals surface area contributed by atoms with Crippen LogP contribution in [0.4, 0.5) is 0 Å². The van der Waals surface area contributed by atoms with E-state index >= 15 is 0 Å². The lowest BCUT2D eigenvalue weighted by molar-refractivity contribution is -0.136. The molecule has 6 heteroatoms. The second kappa shape index (κ2) is 9.79. The number of carboxylic acids is 1. The van der Waals surface area contributed by atoms with Crippen LogP contribution in [0.15, 0.2) is 6.20 Å². The molecule has 196 valence electrons. The Morgan fingerprint density at radius 3 is 2.69 bits per heavy atom. The quantitative estimate of drug-likeness (QED) is 0.491. The number of rotatable bonds is 8. The van der Waals surface area contributed by atoms with Gasteiger partial charge in [0.15, 0.2) is 0 Å². The maximum atomic E-state index is 10.8. The Hall–Kier alpha value is -1.43. The minimum atomic E-state index is -0.787. The minimum absolute atomic E-state index is 0.0518. The first-order chi connectivity index (χ1) is 16.7. The Labute approximate surface area is 211 Å².